The molecule has 1 saturated heterocycles. The van der Waals surface area contributed by atoms with Crippen LogP contribution in [0.4, 0.5) is 0 Å². The maximum absolute atomic E-state index is 13.0. The van der Waals surface area contributed by atoms with Crippen molar-refractivity contribution < 1.29 is 9.53 Å². The topological polar surface area (TPSA) is 41.6 Å². The monoisotopic (exact) mass is 406 g/mol. The number of carbonyl (C=O) groups is 1. The fraction of sp³-hybridized carbons (Fsp3) is 0.476. The molecular formula is C21H27ClN2O2S. The highest BCUT2D eigenvalue weighted by molar-refractivity contribution is 7.07. The number of ether oxygens (including phenoxy) is 1. The van der Waals surface area contributed by atoms with E-state index in [0.29, 0.717) is 18.0 Å². The van der Waals surface area contributed by atoms with Crippen LogP contribution in [0.25, 0.3) is 0 Å². The number of rotatable bonds is 6. The predicted octanol–water partition coefficient (Wildman–Crippen LogP) is 4.03. The molecule has 4 nitrogen and oxygen atoms in total. The van der Waals surface area contributed by atoms with Crippen molar-refractivity contribution in [3.8, 4) is 5.75 Å². The number of thiophene rings is 1. The summed E-state index contributed by atoms with van der Waals surface area (Å²) in [4.78, 5) is 15.1. The van der Waals surface area contributed by atoms with Crippen LogP contribution in [0.3, 0.4) is 0 Å². The summed E-state index contributed by atoms with van der Waals surface area (Å²) in [7, 11) is 0. The third kappa shape index (κ3) is 4.65. The molecule has 1 amide bonds. The van der Waals surface area contributed by atoms with E-state index in [2.05, 4.69) is 27.0 Å². The third-order valence-electron chi connectivity index (χ3n) is 5.73. The van der Waals surface area contributed by atoms with Gasteiger partial charge in [-0.15, -0.1) is 12.4 Å². The van der Waals surface area contributed by atoms with Gasteiger partial charge in [-0.25, -0.2) is 0 Å². The molecule has 2 fully saturated rings. The SMILES string of the molecule is Cc1cccc(OCC(=O)N(Cc2ccsc2)C2CC23CCNCC3)c1.Cl. The van der Waals surface area contributed by atoms with Crippen molar-refractivity contribution >= 4 is 29.7 Å². The fourth-order valence-corrected chi connectivity index (χ4v) is 4.77. The van der Waals surface area contributed by atoms with Crippen molar-refractivity contribution in [1.29, 1.82) is 0 Å². The minimum absolute atomic E-state index is 0. The molecule has 0 bridgehead atoms. The van der Waals surface area contributed by atoms with Crippen LogP contribution in [-0.4, -0.2) is 36.5 Å². The smallest absolute Gasteiger partial charge is 0.261 e. The van der Waals surface area contributed by atoms with Gasteiger partial charge in [-0.05, 0) is 84.8 Å². The summed E-state index contributed by atoms with van der Waals surface area (Å²) < 4.78 is 5.80. The Labute approximate surface area is 171 Å². The van der Waals surface area contributed by atoms with E-state index in [1.807, 2.05) is 31.2 Å². The minimum atomic E-state index is 0. The predicted molar refractivity (Wildman–Crippen MR) is 112 cm³/mol. The van der Waals surface area contributed by atoms with E-state index < -0.39 is 0 Å². The lowest BCUT2D eigenvalue weighted by Gasteiger charge is -2.29. The van der Waals surface area contributed by atoms with Gasteiger partial charge in [-0.2, -0.15) is 11.3 Å². The normalized spacial score (nSPS) is 20.0. The van der Waals surface area contributed by atoms with Gasteiger partial charge in [0.15, 0.2) is 6.61 Å². The van der Waals surface area contributed by atoms with Gasteiger partial charge in [0.25, 0.3) is 5.91 Å². The summed E-state index contributed by atoms with van der Waals surface area (Å²) in [6, 6.07) is 10.4. The summed E-state index contributed by atoms with van der Waals surface area (Å²) in [6.07, 6.45) is 3.47. The standard InChI is InChI=1S/C21H26N2O2S.ClH/c1-16-3-2-4-18(11-16)25-14-20(24)23(13-17-5-10-26-15-17)19-12-21(19)6-8-22-9-7-21;/h2-5,10-11,15,19,22H,6-9,12-14H2,1H3;1H. The van der Waals surface area contributed by atoms with E-state index in [-0.39, 0.29) is 24.9 Å². The maximum atomic E-state index is 13.0. The first kappa shape index (κ1) is 20.2. The maximum Gasteiger partial charge on any atom is 0.261 e. The van der Waals surface area contributed by atoms with Crippen LogP contribution >= 0.6 is 23.7 Å². The molecule has 1 N–H and O–H groups in total. The summed E-state index contributed by atoms with van der Waals surface area (Å²) in [6.45, 7) is 4.97. The van der Waals surface area contributed by atoms with Gasteiger partial charge in [-0.1, -0.05) is 12.1 Å². The average molecular weight is 407 g/mol. The van der Waals surface area contributed by atoms with Gasteiger partial charge in [0, 0.05) is 12.6 Å². The fourth-order valence-electron chi connectivity index (χ4n) is 4.11. The number of hydrogen-bond donors (Lipinski definition) is 1. The van der Waals surface area contributed by atoms with Gasteiger partial charge in [0.05, 0.1) is 0 Å². The summed E-state index contributed by atoms with van der Waals surface area (Å²) in [5, 5.41) is 7.66. The Morgan fingerprint density at radius 2 is 2.15 bits per heavy atom. The second-order valence-electron chi connectivity index (χ2n) is 7.59. The van der Waals surface area contributed by atoms with Crippen LogP contribution < -0.4 is 10.1 Å². The van der Waals surface area contributed by atoms with Crippen molar-refractivity contribution in [2.75, 3.05) is 19.7 Å². The van der Waals surface area contributed by atoms with E-state index in [9.17, 15) is 4.79 Å². The highest BCUT2D eigenvalue weighted by Crippen LogP contribution is 2.56. The minimum Gasteiger partial charge on any atom is -0.484 e. The van der Waals surface area contributed by atoms with Gasteiger partial charge in [-0.3, -0.25) is 4.79 Å². The number of nitrogens with one attached hydrogen (secondary N) is 1. The number of carbonyl (C=O) groups excluding carboxylic acids is 1. The van der Waals surface area contributed by atoms with E-state index in [1.54, 1.807) is 11.3 Å². The zero-order chi connectivity index (χ0) is 18.0. The zero-order valence-electron chi connectivity index (χ0n) is 15.6. The number of amides is 1. The number of halogens is 1. The molecule has 6 heteroatoms. The van der Waals surface area contributed by atoms with Crippen LogP contribution in [0.15, 0.2) is 41.1 Å². The molecule has 1 aromatic heterocycles. The Morgan fingerprint density at radius 1 is 1.33 bits per heavy atom. The molecule has 1 spiro atoms. The lowest BCUT2D eigenvalue weighted by molar-refractivity contribution is -0.135. The Bertz CT molecular complexity index is 759. The Hall–Kier alpha value is -1.56. The first-order valence-corrected chi connectivity index (χ1v) is 10.3. The van der Waals surface area contributed by atoms with E-state index in [0.717, 1.165) is 30.8 Å². The molecule has 0 radical (unpaired) electrons. The van der Waals surface area contributed by atoms with Crippen molar-refractivity contribution in [3.05, 3.63) is 52.2 Å². The molecule has 2 aromatic rings. The third-order valence-corrected chi connectivity index (χ3v) is 6.46. The van der Waals surface area contributed by atoms with Crippen LogP contribution in [-0.2, 0) is 11.3 Å². The number of piperidine rings is 1. The van der Waals surface area contributed by atoms with Gasteiger partial charge in [0.2, 0.25) is 0 Å². The molecule has 1 aliphatic heterocycles. The quantitative estimate of drug-likeness (QED) is 0.787. The molecular weight excluding hydrogens is 380 g/mol. The van der Waals surface area contributed by atoms with Crippen LogP contribution in [0.5, 0.6) is 5.75 Å². The Kier molecular flexibility index (Phi) is 6.45. The Balaban J connectivity index is 0.00000210. The van der Waals surface area contributed by atoms with Crippen LogP contribution in [0, 0.1) is 12.3 Å². The van der Waals surface area contributed by atoms with E-state index in [1.165, 1.54) is 18.4 Å². The first-order chi connectivity index (χ1) is 12.7. The molecule has 2 heterocycles. The molecule has 2 aliphatic rings. The molecule has 1 aromatic carbocycles. The van der Waals surface area contributed by atoms with Gasteiger partial charge in [0.1, 0.15) is 5.75 Å². The van der Waals surface area contributed by atoms with Gasteiger partial charge < -0.3 is 15.0 Å². The van der Waals surface area contributed by atoms with Crippen molar-refractivity contribution in [2.24, 2.45) is 5.41 Å². The van der Waals surface area contributed by atoms with Crippen molar-refractivity contribution in [1.82, 2.24) is 10.2 Å². The summed E-state index contributed by atoms with van der Waals surface area (Å²) in [5.74, 6) is 0.860. The van der Waals surface area contributed by atoms with Crippen LogP contribution in [0.1, 0.15) is 30.4 Å². The zero-order valence-corrected chi connectivity index (χ0v) is 17.3. The van der Waals surface area contributed by atoms with Crippen LogP contribution in [0.2, 0.25) is 0 Å². The largest absolute Gasteiger partial charge is 0.484 e. The summed E-state index contributed by atoms with van der Waals surface area (Å²) >= 11 is 1.69. The number of benzene rings is 1. The number of aryl methyl sites for hydroxylation is 1. The Morgan fingerprint density at radius 3 is 2.85 bits per heavy atom. The second-order valence-corrected chi connectivity index (χ2v) is 8.37. The lowest BCUT2D eigenvalue weighted by Crippen LogP contribution is -2.41. The highest BCUT2D eigenvalue weighted by atomic mass is 35.5. The number of nitrogens with zero attached hydrogens (tertiary/aromatic N) is 1. The van der Waals surface area contributed by atoms with E-state index in [4.69, 9.17) is 4.74 Å². The number of hydrogen-bond acceptors (Lipinski definition) is 4. The molecule has 27 heavy (non-hydrogen) atoms. The molecule has 1 saturated carbocycles. The average Bonchev–Trinajstić information content (AvgIpc) is 3.07. The van der Waals surface area contributed by atoms with Gasteiger partial charge >= 0.3 is 0 Å². The summed E-state index contributed by atoms with van der Waals surface area (Å²) in [5.41, 5.74) is 2.69. The molecule has 1 unspecified atom stereocenters. The first-order valence-electron chi connectivity index (χ1n) is 9.37. The van der Waals surface area contributed by atoms with Crippen molar-refractivity contribution in [2.45, 2.75) is 38.8 Å². The van der Waals surface area contributed by atoms with E-state index >= 15 is 0 Å². The second kappa shape index (κ2) is 8.63. The highest BCUT2D eigenvalue weighted by Gasteiger charge is 2.57. The molecule has 4 rings (SSSR count). The molecule has 146 valence electrons. The lowest BCUT2D eigenvalue weighted by atomic mass is 9.93. The van der Waals surface area contributed by atoms with Crippen molar-refractivity contribution in [3.63, 3.8) is 0 Å². The molecule has 1 atom stereocenters. The molecule has 1 aliphatic carbocycles.